The molecule has 1 aromatic carbocycles. The number of benzene rings is 1. The average molecular weight is 287 g/mol. The Hall–Kier alpha value is -1.50. The van der Waals surface area contributed by atoms with Crippen molar-refractivity contribution in [2.24, 2.45) is 21.9 Å². The van der Waals surface area contributed by atoms with Gasteiger partial charge in [-0.2, -0.15) is 18.3 Å². The van der Waals surface area contributed by atoms with Crippen LogP contribution in [0.2, 0.25) is 0 Å². The van der Waals surface area contributed by atoms with Gasteiger partial charge < -0.3 is 5.73 Å². The summed E-state index contributed by atoms with van der Waals surface area (Å²) in [6.07, 6.45) is 0.609. The molecule has 3 nitrogen and oxygen atoms in total. The number of halogens is 3. The Morgan fingerprint density at radius 1 is 1.21 bits per heavy atom. The normalized spacial score (nSPS) is 19.9. The van der Waals surface area contributed by atoms with Gasteiger partial charge >= 0.3 is 5.51 Å². The molecular weight excluding hydrogens is 275 g/mol. The maximum Gasteiger partial charge on any atom is 0.446 e. The number of hydrogen-bond acceptors (Lipinski definition) is 4. The zero-order valence-electron chi connectivity index (χ0n) is 10.1. The highest BCUT2D eigenvalue weighted by Crippen LogP contribution is 2.36. The van der Waals surface area contributed by atoms with Crippen molar-refractivity contribution in [1.29, 1.82) is 0 Å². The lowest BCUT2D eigenvalue weighted by atomic mass is 9.94. The Morgan fingerprint density at radius 2 is 1.84 bits per heavy atom. The van der Waals surface area contributed by atoms with Crippen LogP contribution in [0.1, 0.15) is 18.9 Å². The van der Waals surface area contributed by atoms with Crippen molar-refractivity contribution in [3.05, 3.63) is 29.8 Å². The second kappa shape index (κ2) is 5.24. The highest BCUT2D eigenvalue weighted by atomic mass is 32.2. The molecule has 1 aliphatic heterocycles. The summed E-state index contributed by atoms with van der Waals surface area (Å²) in [5.41, 5.74) is 2.83. The molecule has 2 rings (SSSR count). The van der Waals surface area contributed by atoms with Gasteiger partial charge in [0.15, 0.2) is 0 Å². The Kier molecular flexibility index (Phi) is 3.84. The highest BCUT2D eigenvalue weighted by molar-refractivity contribution is 8.00. The lowest BCUT2D eigenvalue weighted by Gasteiger charge is -2.17. The van der Waals surface area contributed by atoms with Crippen LogP contribution >= 0.6 is 11.8 Å². The fourth-order valence-corrected chi connectivity index (χ4v) is 2.38. The number of hydrogen-bond donors (Lipinski definition) is 1. The fourth-order valence-electron chi connectivity index (χ4n) is 1.84. The van der Waals surface area contributed by atoms with Crippen molar-refractivity contribution in [3.63, 3.8) is 0 Å². The van der Waals surface area contributed by atoms with E-state index >= 15 is 0 Å². The standard InChI is InChI=1S/C12H12F3N3S/c1-7-6-10(16)17-18-11(7)8-2-4-9(5-3-8)19-12(13,14)15/h2-5,7H,6H2,1H3,(H2,16,17). The van der Waals surface area contributed by atoms with Crippen LogP contribution in [0.3, 0.4) is 0 Å². The van der Waals surface area contributed by atoms with Gasteiger partial charge in [0.25, 0.3) is 0 Å². The summed E-state index contributed by atoms with van der Waals surface area (Å²) in [6.45, 7) is 1.96. The van der Waals surface area contributed by atoms with Crippen LogP contribution < -0.4 is 5.73 Å². The SMILES string of the molecule is CC1CC(N)=NN=C1c1ccc(SC(F)(F)F)cc1. The summed E-state index contributed by atoms with van der Waals surface area (Å²) >= 11 is -0.130. The molecule has 2 N–H and O–H groups in total. The Balaban J connectivity index is 2.19. The summed E-state index contributed by atoms with van der Waals surface area (Å²) < 4.78 is 36.6. The van der Waals surface area contributed by atoms with E-state index in [1.165, 1.54) is 12.1 Å². The maximum atomic E-state index is 12.2. The molecule has 0 radical (unpaired) electrons. The van der Waals surface area contributed by atoms with Crippen molar-refractivity contribution >= 4 is 23.3 Å². The minimum atomic E-state index is -4.27. The third-order valence-corrected chi connectivity index (χ3v) is 3.39. The molecule has 102 valence electrons. The molecule has 7 heteroatoms. The summed E-state index contributed by atoms with van der Waals surface area (Å²) in [7, 11) is 0. The molecule has 1 aliphatic rings. The number of alkyl halides is 3. The largest absolute Gasteiger partial charge is 0.446 e. The predicted octanol–water partition coefficient (Wildman–Crippen LogP) is 3.40. The van der Waals surface area contributed by atoms with E-state index in [9.17, 15) is 13.2 Å². The van der Waals surface area contributed by atoms with Crippen molar-refractivity contribution in [1.82, 2.24) is 0 Å². The lowest BCUT2D eigenvalue weighted by molar-refractivity contribution is -0.0328. The molecule has 0 aromatic heterocycles. The van der Waals surface area contributed by atoms with Crippen LogP contribution in [-0.4, -0.2) is 17.1 Å². The van der Waals surface area contributed by atoms with E-state index in [2.05, 4.69) is 10.2 Å². The van der Waals surface area contributed by atoms with Gasteiger partial charge in [-0.1, -0.05) is 19.1 Å². The Morgan fingerprint density at radius 3 is 2.37 bits per heavy atom. The molecular formula is C12H12F3N3S. The first-order chi connectivity index (χ1) is 8.85. The van der Waals surface area contributed by atoms with Gasteiger partial charge in [-0.3, -0.25) is 0 Å². The maximum absolute atomic E-state index is 12.2. The smallest absolute Gasteiger partial charge is 0.386 e. The predicted molar refractivity (Wildman–Crippen MR) is 70.3 cm³/mol. The molecule has 0 saturated heterocycles. The second-order valence-electron chi connectivity index (χ2n) is 4.25. The van der Waals surface area contributed by atoms with Crippen LogP contribution in [-0.2, 0) is 0 Å². The number of thioether (sulfide) groups is 1. The second-order valence-corrected chi connectivity index (χ2v) is 5.39. The van der Waals surface area contributed by atoms with Gasteiger partial charge in [-0.15, -0.1) is 5.10 Å². The van der Waals surface area contributed by atoms with E-state index in [1.807, 2.05) is 6.92 Å². The molecule has 0 fully saturated rings. The molecule has 1 heterocycles. The lowest BCUT2D eigenvalue weighted by Crippen LogP contribution is -2.25. The Bertz CT molecular complexity index is 520. The zero-order chi connectivity index (χ0) is 14.0. The van der Waals surface area contributed by atoms with Gasteiger partial charge in [-0.25, -0.2) is 0 Å². The first kappa shape index (κ1) is 13.9. The van der Waals surface area contributed by atoms with E-state index in [0.29, 0.717) is 12.3 Å². The molecule has 0 aliphatic carbocycles. The molecule has 0 spiro atoms. The first-order valence-electron chi connectivity index (χ1n) is 5.61. The zero-order valence-corrected chi connectivity index (χ0v) is 10.9. The van der Waals surface area contributed by atoms with Gasteiger partial charge in [0.2, 0.25) is 0 Å². The molecule has 1 unspecified atom stereocenters. The number of amidine groups is 1. The van der Waals surface area contributed by atoms with Gasteiger partial charge in [-0.05, 0) is 29.5 Å². The monoisotopic (exact) mass is 287 g/mol. The van der Waals surface area contributed by atoms with Crippen LogP contribution in [0, 0.1) is 5.92 Å². The Labute approximate surface area is 112 Å². The number of nitrogens with two attached hydrogens (primary N) is 1. The van der Waals surface area contributed by atoms with E-state index < -0.39 is 5.51 Å². The van der Waals surface area contributed by atoms with Crippen molar-refractivity contribution in [2.75, 3.05) is 0 Å². The average Bonchev–Trinajstić information content (AvgIpc) is 2.28. The van der Waals surface area contributed by atoms with E-state index in [1.54, 1.807) is 12.1 Å². The van der Waals surface area contributed by atoms with E-state index in [0.717, 1.165) is 11.3 Å². The molecule has 1 atom stereocenters. The van der Waals surface area contributed by atoms with E-state index in [4.69, 9.17) is 5.73 Å². The molecule has 19 heavy (non-hydrogen) atoms. The van der Waals surface area contributed by atoms with E-state index in [-0.39, 0.29) is 22.6 Å². The van der Waals surface area contributed by atoms with Gasteiger partial charge in [0.1, 0.15) is 5.84 Å². The first-order valence-corrected chi connectivity index (χ1v) is 6.43. The van der Waals surface area contributed by atoms with Gasteiger partial charge in [0, 0.05) is 17.2 Å². The number of rotatable bonds is 2. The summed E-state index contributed by atoms with van der Waals surface area (Å²) in [5.74, 6) is 0.583. The third-order valence-electron chi connectivity index (χ3n) is 2.65. The van der Waals surface area contributed by atoms with Crippen LogP contribution in [0.25, 0.3) is 0 Å². The highest BCUT2D eigenvalue weighted by Gasteiger charge is 2.29. The van der Waals surface area contributed by atoms with Crippen LogP contribution in [0.5, 0.6) is 0 Å². The number of nitrogens with zero attached hydrogens (tertiary/aromatic N) is 2. The third kappa shape index (κ3) is 3.73. The molecule has 0 amide bonds. The van der Waals surface area contributed by atoms with Crippen LogP contribution in [0.4, 0.5) is 13.2 Å². The van der Waals surface area contributed by atoms with Crippen molar-refractivity contribution < 1.29 is 13.2 Å². The van der Waals surface area contributed by atoms with Crippen molar-refractivity contribution in [3.8, 4) is 0 Å². The minimum absolute atomic E-state index is 0.110. The summed E-state index contributed by atoms with van der Waals surface area (Å²) in [5, 5.41) is 7.83. The topological polar surface area (TPSA) is 50.7 Å². The van der Waals surface area contributed by atoms with Crippen LogP contribution in [0.15, 0.2) is 39.4 Å². The molecule has 1 aromatic rings. The quantitative estimate of drug-likeness (QED) is 0.847. The summed E-state index contributed by atoms with van der Waals surface area (Å²) in [6, 6.07) is 6.12. The summed E-state index contributed by atoms with van der Waals surface area (Å²) in [4.78, 5) is 0.156. The molecule has 0 saturated carbocycles. The minimum Gasteiger partial charge on any atom is -0.386 e. The molecule has 0 bridgehead atoms. The van der Waals surface area contributed by atoms with Gasteiger partial charge in [0.05, 0.1) is 5.71 Å². The van der Waals surface area contributed by atoms with Crippen molar-refractivity contribution in [2.45, 2.75) is 23.7 Å². The fraction of sp³-hybridized carbons (Fsp3) is 0.333.